The molecule has 0 spiro atoms. The van der Waals surface area contributed by atoms with Gasteiger partial charge in [-0.15, -0.1) is 0 Å². The minimum atomic E-state index is -4.28. The van der Waals surface area contributed by atoms with E-state index in [0.717, 1.165) is 11.1 Å². The second kappa shape index (κ2) is 7.27. The minimum Gasteiger partial charge on any atom is -0.371 e. The van der Waals surface area contributed by atoms with Crippen LogP contribution in [0.1, 0.15) is 37.8 Å². The van der Waals surface area contributed by atoms with E-state index in [-0.39, 0.29) is 18.1 Å². The SMILES string of the molecule is Cc1ccccc1C(CNC(C)(C)C)COCC(F)(F)F. The molecular weight excluding hydrogens is 279 g/mol. The number of nitrogens with one attached hydrogen (secondary N) is 1. The van der Waals surface area contributed by atoms with Gasteiger partial charge in [0, 0.05) is 18.0 Å². The first-order chi connectivity index (χ1) is 9.58. The highest BCUT2D eigenvalue weighted by Crippen LogP contribution is 2.22. The van der Waals surface area contributed by atoms with Crippen molar-refractivity contribution in [1.82, 2.24) is 5.32 Å². The van der Waals surface area contributed by atoms with E-state index >= 15 is 0 Å². The minimum absolute atomic E-state index is 0.0491. The molecule has 120 valence electrons. The van der Waals surface area contributed by atoms with E-state index in [2.05, 4.69) is 5.32 Å². The Morgan fingerprint density at radius 1 is 1.14 bits per heavy atom. The zero-order valence-electron chi connectivity index (χ0n) is 13.1. The monoisotopic (exact) mass is 303 g/mol. The Hall–Kier alpha value is -1.07. The van der Waals surface area contributed by atoms with Crippen LogP contribution in [0.2, 0.25) is 0 Å². The molecule has 1 unspecified atom stereocenters. The lowest BCUT2D eigenvalue weighted by molar-refractivity contribution is -0.174. The first-order valence-electron chi connectivity index (χ1n) is 7.03. The van der Waals surface area contributed by atoms with Crippen molar-refractivity contribution in [1.29, 1.82) is 0 Å². The highest BCUT2D eigenvalue weighted by molar-refractivity contribution is 5.29. The van der Waals surface area contributed by atoms with Crippen LogP contribution in [0.15, 0.2) is 24.3 Å². The van der Waals surface area contributed by atoms with Crippen molar-refractivity contribution in [2.45, 2.75) is 45.3 Å². The Bertz CT molecular complexity index is 438. The van der Waals surface area contributed by atoms with Crippen LogP contribution in [0, 0.1) is 6.92 Å². The number of hydrogen-bond acceptors (Lipinski definition) is 2. The second-order valence-corrected chi connectivity index (χ2v) is 6.31. The van der Waals surface area contributed by atoms with Crippen LogP contribution in [-0.4, -0.2) is 31.5 Å². The summed E-state index contributed by atoms with van der Waals surface area (Å²) >= 11 is 0. The largest absolute Gasteiger partial charge is 0.411 e. The molecule has 0 bridgehead atoms. The molecule has 0 saturated carbocycles. The third-order valence-corrected chi connectivity index (χ3v) is 3.09. The molecule has 1 aromatic carbocycles. The standard InChI is InChI=1S/C16H24F3NO/c1-12-7-5-6-8-14(12)13(9-20-15(2,3)4)10-21-11-16(17,18)19/h5-8,13,20H,9-11H2,1-4H3. The molecule has 0 aliphatic rings. The maximum atomic E-state index is 12.2. The molecule has 1 rings (SSSR count). The first-order valence-corrected chi connectivity index (χ1v) is 7.03. The number of hydrogen-bond donors (Lipinski definition) is 1. The van der Waals surface area contributed by atoms with Gasteiger partial charge in [-0.3, -0.25) is 0 Å². The van der Waals surface area contributed by atoms with Gasteiger partial charge in [0.1, 0.15) is 6.61 Å². The van der Waals surface area contributed by atoms with Crippen molar-refractivity contribution in [3.63, 3.8) is 0 Å². The third-order valence-electron chi connectivity index (χ3n) is 3.09. The number of rotatable bonds is 6. The van der Waals surface area contributed by atoms with E-state index in [9.17, 15) is 13.2 Å². The van der Waals surface area contributed by atoms with Crippen molar-refractivity contribution in [2.24, 2.45) is 0 Å². The topological polar surface area (TPSA) is 21.3 Å². The molecule has 0 saturated heterocycles. The van der Waals surface area contributed by atoms with Crippen LogP contribution < -0.4 is 5.32 Å². The van der Waals surface area contributed by atoms with E-state index in [0.29, 0.717) is 6.54 Å². The zero-order valence-corrected chi connectivity index (χ0v) is 13.1. The Morgan fingerprint density at radius 2 is 1.76 bits per heavy atom. The molecule has 0 aliphatic heterocycles. The summed E-state index contributed by atoms with van der Waals surface area (Å²) in [6.45, 7) is 7.46. The third kappa shape index (κ3) is 7.48. The molecule has 1 aromatic rings. The summed E-state index contributed by atoms with van der Waals surface area (Å²) in [5.41, 5.74) is 2.00. The zero-order chi connectivity index (χ0) is 16.1. The van der Waals surface area contributed by atoms with Gasteiger partial charge in [-0.25, -0.2) is 0 Å². The fourth-order valence-corrected chi connectivity index (χ4v) is 2.05. The predicted octanol–water partition coefficient (Wildman–Crippen LogP) is 4.05. The summed E-state index contributed by atoms with van der Waals surface area (Å²) in [6, 6.07) is 7.73. The van der Waals surface area contributed by atoms with E-state index < -0.39 is 12.8 Å². The predicted molar refractivity (Wildman–Crippen MR) is 78.5 cm³/mol. The smallest absolute Gasteiger partial charge is 0.371 e. The van der Waals surface area contributed by atoms with Gasteiger partial charge in [0.25, 0.3) is 0 Å². The molecular formula is C16H24F3NO. The average Bonchev–Trinajstić information content (AvgIpc) is 2.32. The van der Waals surface area contributed by atoms with Crippen LogP contribution in [-0.2, 0) is 4.74 Å². The quantitative estimate of drug-likeness (QED) is 0.856. The van der Waals surface area contributed by atoms with Crippen LogP contribution in [0.5, 0.6) is 0 Å². The molecule has 0 aromatic heterocycles. The van der Waals surface area contributed by atoms with Crippen LogP contribution in [0.3, 0.4) is 0 Å². The maximum Gasteiger partial charge on any atom is 0.411 e. The van der Waals surface area contributed by atoms with E-state index in [4.69, 9.17) is 4.74 Å². The van der Waals surface area contributed by atoms with Gasteiger partial charge in [-0.05, 0) is 38.8 Å². The summed E-state index contributed by atoms with van der Waals surface area (Å²) < 4.78 is 41.5. The number of alkyl halides is 3. The van der Waals surface area contributed by atoms with Gasteiger partial charge >= 0.3 is 6.18 Å². The van der Waals surface area contributed by atoms with Crippen molar-refractivity contribution < 1.29 is 17.9 Å². The first kappa shape index (κ1) is 18.0. The molecule has 21 heavy (non-hydrogen) atoms. The van der Waals surface area contributed by atoms with Gasteiger partial charge in [0.05, 0.1) is 6.61 Å². The summed E-state index contributed by atoms with van der Waals surface area (Å²) in [7, 11) is 0. The van der Waals surface area contributed by atoms with Crippen LogP contribution in [0.25, 0.3) is 0 Å². The van der Waals surface area contributed by atoms with Crippen molar-refractivity contribution >= 4 is 0 Å². The molecule has 0 heterocycles. The average molecular weight is 303 g/mol. The Kier molecular flexibility index (Phi) is 6.23. The Labute approximate surface area is 124 Å². The van der Waals surface area contributed by atoms with E-state index in [1.165, 1.54) is 0 Å². The molecule has 2 nitrogen and oxygen atoms in total. The molecule has 1 atom stereocenters. The lowest BCUT2D eigenvalue weighted by atomic mass is 9.94. The van der Waals surface area contributed by atoms with E-state index in [1.807, 2.05) is 52.0 Å². The Balaban J connectivity index is 2.73. The number of aryl methyl sites for hydroxylation is 1. The Morgan fingerprint density at radius 3 is 2.29 bits per heavy atom. The highest BCUT2D eigenvalue weighted by atomic mass is 19.4. The summed E-state index contributed by atoms with van der Waals surface area (Å²) in [5.74, 6) is -0.104. The number of benzene rings is 1. The van der Waals surface area contributed by atoms with Gasteiger partial charge < -0.3 is 10.1 Å². The van der Waals surface area contributed by atoms with Gasteiger partial charge in [-0.1, -0.05) is 24.3 Å². The summed E-state index contributed by atoms with van der Waals surface area (Å²) in [6.07, 6.45) is -4.28. The summed E-state index contributed by atoms with van der Waals surface area (Å²) in [5, 5.41) is 3.33. The number of ether oxygens (including phenoxy) is 1. The van der Waals surface area contributed by atoms with Crippen molar-refractivity contribution in [3.05, 3.63) is 35.4 Å². The van der Waals surface area contributed by atoms with Crippen LogP contribution >= 0.6 is 0 Å². The van der Waals surface area contributed by atoms with Gasteiger partial charge in [0.15, 0.2) is 0 Å². The summed E-state index contributed by atoms with van der Waals surface area (Å²) in [4.78, 5) is 0. The molecule has 0 fully saturated rings. The lowest BCUT2D eigenvalue weighted by Gasteiger charge is -2.26. The van der Waals surface area contributed by atoms with Crippen molar-refractivity contribution in [3.8, 4) is 0 Å². The highest BCUT2D eigenvalue weighted by Gasteiger charge is 2.28. The molecule has 5 heteroatoms. The normalized spacial score (nSPS) is 14.2. The maximum absolute atomic E-state index is 12.2. The number of halogens is 3. The van der Waals surface area contributed by atoms with Crippen LogP contribution in [0.4, 0.5) is 13.2 Å². The van der Waals surface area contributed by atoms with Gasteiger partial charge in [0.2, 0.25) is 0 Å². The van der Waals surface area contributed by atoms with Gasteiger partial charge in [-0.2, -0.15) is 13.2 Å². The fourth-order valence-electron chi connectivity index (χ4n) is 2.05. The molecule has 1 N–H and O–H groups in total. The fraction of sp³-hybridized carbons (Fsp3) is 0.625. The molecule has 0 amide bonds. The molecule has 0 aliphatic carbocycles. The second-order valence-electron chi connectivity index (χ2n) is 6.31. The van der Waals surface area contributed by atoms with E-state index in [1.54, 1.807) is 0 Å². The molecule has 0 radical (unpaired) electrons. The lowest BCUT2D eigenvalue weighted by Crippen LogP contribution is -2.39. The van der Waals surface area contributed by atoms with Crippen molar-refractivity contribution in [2.75, 3.05) is 19.8 Å².